The van der Waals surface area contributed by atoms with Gasteiger partial charge in [-0.25, -0.2) is 0 Å². The Balaban J connectivity index is 1.91. The minimum atomic E-state index is 0.552. The second-order valence-corrected chi connectivity index (χ2v) is 5.60. The highest BCUT2D eigenvalue weighted by Crippen LogP contribution is 2.37. The molecule has 0 unspecified atom stereocenters. The molecule has 0 spiro atoms. The van der Waals surface area contributed by atoms with E-state index in [1.807, 2.05) is 12.1 Å². The lowest BCUT2D eigenvalue weighted by Crippen LogP contribution is -2.33. The molecule has 0 aromatic heterocycles. The van der Waals surface area contributed by atoms with E-state index >= 15 is 0 Å². The van der Waals surface area contributed by atoms with Gasteiger partial charge in [0.2, 0.25) is 0 Å². The molecular formula is C17H18ClN. The van der Waals surface area contributed by atoms with E-state index in [-0.39, 0.29) is 0 Å². The average Bonchev–Trinajstić information content (AvgIpc) is 2.49. The molecule has 0 bridgehead atoms. The smallest absolute Gasteiger partial charge is 0.0406 e. The predicted molar refractivity (Wildman–Crippen MR) is 80.9 cm³/mol. The Morgan fingerprint density at radius 3 is 2.26 bits per heavy atom. The van der Waals surface area contributed by atoms with E-state index in [9.17, 15) is 0 Å². The van der Waals surface area contributed by atoms with Crippen LogP contribution in [0.3, 0.4) is 0 Å². The lowest BCUT2D eigenvalue weighted by molar-refractivity contribution is 0.404. The summed E-state index contributed by atoms with van der Waals surface area (Å²) < 4.78 is 0. The molecule has 1 fully saturated rings. The molecule has 0 saturated carbocycles. The molecule has 1 aliphatic rings. The van der Waals surface area contributed by atoms with Crippen LogP contribution in [-0.2, 0) is 0 Å². The zero-order valence-electron chi connectivity index (χ0n) is 10.9. The molecule has 1 saturated heterocycles. The summed E-state index contributed by atoms with van der Waals surface area (Å²) in [6.45, 7) is 2.15. The normalized spacial score (nSPS) is 23.2. The van der Waals surface area contributed by atoms with Crippen LogP contribution in [0.1, 0.15) is 29.4 Å². The summed E-state index contributed by atoms with van der Waals surface area (Å²) in [7, 11) is 0. The van der Waals surface area contributed by atoms with Gasteiger partial charge < -0.3 is 5.32 Å². The first-order chi connectivity index (χ1) is 9.34. The van der Waals surface area contributed by atoms with Crippen LogP contribution in [-0.4, -0.2) is 13.1 Å². The molecule has 1 nitrogen and oxygen atoms in total. The van der Waals surface area contributed by atoms with Gasteiger partial charge in [0.15, 0.2) is 0 Å². The van der Waals surface area contributed by atoms with Crippen molar-refractivity contribution in [3.05, 3.63) is 70.7 Å². The minimum Gasteiger partial charge on any atom is -0.316 e. The van der Waals surface area contributed by atoms with Crippen molar-refractivity contribution in [2.45, 2.75) is 18.3 Å². The van der Waals surface area contributed by atoms with Gasteiger partial charge >= 0.3 is 0 Å². The summed E-state index contributed by atoms with van der Waals surface area (Å²) in [5.74, 6) is 1.14. The molecule has 98 valence electrons. The van der Waals surface area contributed by atoms with E-state index in [0.29, 0.717) is 11.8 Å². The Morgan fingerprint density at radius 1 is 0.842 bits per heavy atom. The fourth-order valence-corrected chi connectivity index (χ4v) is 3.14. The summed E-state index contributed by atoms with van der Waals surface area (Å²) in [6.07, 6.45) is 1.18. The monoisotopic (exact) mass is 271 g/mol. The molecule has 2 atom stereocenters. The molecule has 0 amide bonds. The lowest BCUT2D eigenvalue weighted by Gasteiger charge is -2.33. The minimum absolute atomic E-state index is 0.552. The van der Waals surface area contributed by atoms with Gasteiger partial charge in [-0.15, -0.1) is 0 Å². The van der Waals surface area contributed by atoms with Gasteiger partial charge in [0.1, 0.15) is 0 Å². The van der Waals surface area contributed by atoms with Crippen molar-refractivity contribution in [2.24, 2.45) is 0 Å². The molecule has 1 N–H and O–H groups in total. The lowest BCUT2D eigenvalue weighted by atomic mass is 9.77. The molecule has 19 heavy (non-hydrogen) atoms. The number of piperidine rings is 1. The zero-order valence-corrected chi connectivity index (χ0v) is 11.6. The number of rotatable bonds is 2. The third-order valence-corrected chi connectivity index (χ3v) is 4.26. The molecular weight excluding hydrogens is 254 g/mol. The van der Waals surface area contributed by atoms with Crippen LogP contribution in [0.15, 0.2) is 54.6 Å². The van der Waals surface area contributed by atoms with E-state index < -0.39 is 0 Å². The predicted octanol–water partition coefficient (Wildman–Crippen LogP) is 4.20. The fourth-order valence-electron chi connectivity index (χ4n) is 3.02. The third-order valence-electron chi connectivity index (χ3n) is 4.01. The van der Waals surface area contributed by atoms with Crippen LogP contribution in [0.25, 0.3) is 0 Å². The highest BCUT2D eigenvalue weighted by atomic mass is 35.5. The standard InChI is InChI=1S/C17H18ClN/c18-15-8-6-14(7-9-15)16-10-11-19-12-17(16)13-4-2-1-3-5-13/h1-9,16-17,19H,10-12H2/t16-,17+/m1/s1. The number of nitrogens with one attached hydrogen (secondary N) is 1. The van der Waals surface area contributed by atoms with Gasteiger partial charge in [-0.2, -0.15) is 0 Å². The molecule has 0 radical (unpaired) electrons. The highest BCUT2D eigenvalue weighted by molar-refractivity contribution is 6.30. The second kappa shape index (κ2) is 5.77. The molecule has 3 rings (SSSR count). The Morgan fingerprint density at radius 2 is 1.53 bits per heavy atom. The van der Waals surface area contributed by atoms with E-state index in [4.69, 9.17) is 11.6 Å². The molecule has 0 aliphatic carbocycles. The van der Waals surface area contributed by atoms with Gasteiger partial charge in [0.25, 0.3) is 0 Å². The van der Waals surface area contributed by atoms with Crippen molar-refractivity contribution < 1.29 is 0 Å². The summed E-state index contributed by atoms with van der Waals surface area (Å²) in [4.78, 5) is 0. The van der Waals surface area contributed by atoms with Gasteiger partial charge in [-0.05, 0) is 42.1 Å². The van der Waals surface area contributed by atoms with E-state index in [0.717, 1.165) is 18.1 Å². The molecule has 1 heterocycles. The van der Waals surface area contributed by atoms with Crippen molar-refractivity contribution in [1.29, 1.82) is 0 Å². The Bertz CT molecular complexity index is 521. The third kappa shape index (κ3) is 2.83. The highest BCUT2D eigenvalue weighted by Gasteiger charge is 2.27. The van der Waals surface area contributed by atoms with Gasteiger partial charge in [-0.1, -0.05) is 54.1 Å². The average molecular weight is 272 g/mol. The van der Waals surface area contributed by atoms with Crippen LogP contribution < -0.4 is 5.32 Å². The largest absolute Gasteiger partial charge is 0.316 e. The van der Waals surface area contributed by atoms with E-state index in [1.165, 1.54) is 17.5 Å². The molecule has 2 aromatic rings. The number of hydrogen-bond acceptors (Lipinski definition) is 1. The summed E-state index contributed by atoms with van der Waals surface area (Å²) in [6, 6.07) is 19.2. The first kappa shape index (κ1) is 12.7. The molecule has 1 aliphatic heterocycles. The van der Waals surface area contributed by atoms with Crippen LogP contribution in [0.2, 0.25) is 5.02 Å². The van der Waals surface area contributed by atoms with Crippen molar-refractivity contribution >= 4 is 11.6 Å². The Hall–Kier alpha value is -1.31. The van der Waals surface area contributed by atoms with Crippen LogP contribution in [0.5, 0.6) is 0 Å². The first-order valence-corrected chi connectivity index (χ1v) is 7.23. The maximum Gasteiger partial charge on any atom is 0.0406 e. The maximum atomic E-state index is 5.99. The Labute approximate surface area is 119 Å². The second-order valence-electron chi connectivity index (χ2n) is 5.17. The first-order valence-electron chi connectivity index (χ1n) is 6.86. The van der Waals surface area contributed by atoms with Crippen LogP contribution in [0, 0.1) is 0 Å². The van der Waals surface area contributed by atoms with Crippen molar-refractivity contribution in [1.82, 2.24) is 5.32 Å². The summed E-state index contributed by atoms with van der Waals surface area (Å²) in [5, 5.41) is 4.33. The van der Waals surface area contributed by atoms with E-state index in [1.54, 1.807) is 0 Å². The summed E-state index contributed by atoms with van der Waals surface area (Å²) in [5.41, 5.74) is 2.83. The van der Waals surface area contributed by atoms with E-state index in [2.05, 4.69) is 47.8 Å². The van der Waals surface area contributed by atoms with Crippen molar-refractivity contribution in [3.8, 4) is 0 Å². The quantitative estimate of drug-likeness (QED) is 0.863. The number of benzene rings is 2. The molecule has 2 aromatic carbocycles. The number of halogens is 1. The van der Waals surface area contributed by atoms with Gasteiger partial charge in [0.05, 0.1) is 0 Å². The van der Waals surface area contributed by atoms with Crippen LogP contribution in [0.4, 0.5) is 0 Å². The van der Waals surface area contributed by atoms with Gasteiger partial charge in [0, 0.05) is 17.5 Å². The fraction of sp³-hybridized carbons (Fsp3) is 0.294. The molecule has 2 heteroatoms. The Kier molecular flexibility index (Phi) is 3.86. The number of hydrogen-bond donors (Lipinski definition) is 1. The van der Waals surface area contributed by atoms with Gasteiger partial charge in [-0.3, -0.25) is 0 Å². The topological polar surface area (TPSA) is 12.0 Å². The zero-order chi connectivity index (χ0) is 13.1. The SMILES string of the molecule is Clc1ccc([C@H]2CCNC[C@H]2c2ccccc2)cc1. The van der Waals surface area contributed by atoms with Crippen molar-refractivity contribution in [3.63, 3.8) is 0 Å². The van der Waals surface area contributed by atoms with Crippen molar-refractivity contribution in [2.75, 3.05) is 13.1 Å². The maximum absolute atomic E-state index is 5.99. The summed E-state index contributed by atoms with van der Waals surface area (Å²) >= 11 is 5.99. The van der Waals surface area contributed by atoms with Crippen LogP contribution >= 0.6 is 11.6 Å².